The lowest BCUT2D eigenvalue weighted by molar-refractivity contribution is -0.125. The van der Waals surface area contributed by atoms with Crippen molar-refractivity contribution in [3.05, 3.63) is 0 Å². The Morgan fingerprint density at radius 3 is 2.00 bits per heavy atom. The van der Waals surface area contributed by atoms with Gasteiger partial charge < -0.3 is 16.0 Å². The van der Waals surface area contributed by atoms with Gasteiger partial charge in [-0.2, -0.15) is 0 Å². The molecule has 0 spiro atoms. The fraction of sp³-hybridized carbons (Fsp3) is 0.818. The van der Waals surface area contributed by atoms with Crippen LogP contribution < -0.4 is 16.0 Å². The van der Waals surface area contributed by atoms with Gasteiger partial charge in [-0.15, -0.1) is 0 Å². The first-order chi connectivity index (χ1) is 7.41. The van der Waals surface area contributed by atoms with Crippen molar-refractivity contribution in [3.63, 3.8) is 0 Å². The highest BCUT2D eigenvalue weighted by Crippen LogP contribution is 1.86. The number of hydrogen-bond acceptors (Lipinski definition) is 3. The first-order valence-corrected chi connectivity index (χ1v) is 5.68. The zero-order valence-electron chi connectivity index (χ0n) is 10.6. The van der Waals surface area contributed by atoms with Crippen LogP contribution in [-0.4, -0.2) is 37.5 Å². The van der Waals surface area contributed by atoms with Crippen LogP contribution in [0.2, 0.25) is 0 Å². The monoisotopic (exact) mass is 229 g/mol. The summed E-state index contributed by atoms with van der Waals surface area (Å²) in [5.74, 6) is 0.113. The molecule has 0 aliphatic carbocycles. The highest BCUT2D eigenvalue weighted by molar-refractivity contribution is 5.85. The smallest absolute Gasteiger partial charge is 0.239 e. The summed E-state index contributed by atoms with van der Waals surface area (Å²) in [4.78, 5) is 22.5. The molecule has 0 heterocycles. The van der Waals surface area contributed by atoms with E-state index in [1.54, 1.807) is 0 Å². The van der Waals surface area contributed by atoms with Crippen LogP contribution in [0.1, 0.15) is 27.7 Å². The molecule has 0 rings (SSSR count). The summed E-state index contributed by atoms with van der Waals surface area (Å²) in [6.45, 7) is 8.89. The molecule has 0 unspecified atom stereocenters. The summed E-state index contributed by atoms with van der Waals surface area (Å²) >= 11 is 0. The van der Waals surface area contributed by atoms with Crippen molar-refractivity contribution in [2.24, 2.45) is 5.92 Å². The number of carbonyl (C=O) groups excluding carboxylic acids is 2. The molecule has 0 radical (unpaired) electrons. The number of carbonyl (C=O) groups is 2. The molecule has 0 atom stereocenters. The van der Waals surface area contributed by atoms with Crippen LogP contribution in [0.3, 0.4) is 0 Å². The lowest BCUT2D eigenvalue weighted by Crippen LogP contribution is -2.42. The van der Waals surface area contributed by atoms with Crippen LogP contribution in [0.25, 0.3) is 0 Å². The average molecular weight is 229 g/mol. The third kappa shape index (κ3) is 9.45. The number of nitrogens with one attached hydrogen (secondary N) is 3. The second kappa shape index (κ2) is 8.10. The maximum atomic E-state index is 11.2. The lowest BCUT2D eigenvalue weighted by atomic mass is 10.2. The molecule has 0 aromatic carbocycles. The van der Waals surface area contributed by atoms with E-state index in [2.05, 4.69) is 16.0 Å². The molecule has 0 aromatic heterocycles. The van der Waals surface area contributed by atoms with Crippen molar-refractivity contribution in [2.45, 2.75) is 33.7 Å². The van der Waals surface area contributed by atoms with Crippen LogP contribution in [0, 0.1) is 5.92 Å². The van der Waals surface area contributed by atoms with E-state index in [0.717, 1.165) is 0 Å². The van der Waals surface area contributed by atoms with Crippen molar-refractivity contribution in [1.29, 1.82) is 0 Å². The van der Waals surface area contributed by atoms with Crippen LogP contribution in [-0.2, 0) is 9.59 Å². The van der Waals surface area contributed by atoms with E-state index >= 15 is 0 Å². The fourth-order valence-corrected chi connectivity index (χ4v) is 0.919. The van der Waals surface area contributed by atoms with E-state index in [-0.39, 0.29) is 30.9 Å². The van der Waals surface area contributed by atoms with Gasteiger partial charge in [-0.3, -0.25) is 9.59 Å². The molecule has 94 valence electrons. The minimum Gasteiger partial charge on any atom is -0.354 e. The van der Waals surface area contributed by atoms with E-state index in [1.807, 2.05) is 27.7 Å². The predicted molar refractivity (Wildman–Crippen MR) is 64.0 cm³/mol. The average Bonchev–Trinajstić information content (AvgIpc) is 2.20. The van der Waals surface area contributed by atoms with Crippen LogP contribution >= 0.6 is 0 Å². The normalized spacial score (nSPS) is 10.6. The Bertz CT molecular complexity index is 203. The molecule has 16 heavy (non-hydrogen) atoms. The summed E-state index contributed by atoms with van der Waals surface area (Å²) in [6.07, 6.45) is 0. The van der Waals surface area contributed by atoms with Gasteiger partial charge in [-0.1, -0.05) is 27.7 Å². The van der Waals surface area contributed by atoms with Crippen LogP contribution in [0.5, 0.6) is 0 Å². The molecule has 0 saturated carbocycles. The third-order valence-electron chi connectivity index (χ3n) is 1.82. The van der Waals surface area contributed by atoms with E-state index in [1.165, 1.54) is 0 Å². The zero-order valence-corrected chi connectivity index (χ0v) is 10.6. The van der Waals surface area contributed by atoms with Gasteiger partial charge in [0.05, 0.1) is 13.1 Å². The Kier molecular flexibility index (Phi) is 7.54. The van der Waals surface area contributed by atoms with E-state index in [9.17, 15) is 9.59 Å². The van der Waals surface area contributed by atoms with Gasteiger partial charge in [0.2, 0.25) is 11.8 Å². The quantitative estimate of drug-likeness (QED) is 0.569. The highest BCUT2D eigenvalue weighted by Gasteiger charge is 2.05. The van der Waals surface area contributed by atoms with Gasteiger partial charge in [0, 0.05) is 12.6 Å². The summed E-state index contributed by atoms with van der Waals surface area (Å²) in [5, 5.41) is 8.25. The molecule has 5 heteroatoms. The van der Waals surface area contributed by atoms with Crippen molar-refractivity contribution in [1.82, 2.24) is 16.0 Å². The molecule has 5 nitrogen and oxygen atoms in total. The highest BCUT2D eigenvalue weighted by atomic mass is 16.2. The topological polar surface area (TPSA) is 70.2 Å². The van der Waals surface area contributed by atoms with Gasteiger partial charge in [0.15, 0.2) is 0 Å². The molecule has 2 amide bonds. The maximum Gasteiger partial charge on any atom is 0.239 e. The summed E-state index contributed by atoms with van der Waals surface area (Å²) < 4.78 is 0. The minimum absolute atomic E-state index is 0.0470. The van der Waals surface area contributed by atoms with Gasteiger partial charge in [-0.25, -0.2) is 0 Å². The Labute approximate surface area is 97.4 Å². The molecule has 0 aliphatic rings. The Morgan fingerprint density at radius 1 is 0.938 bits per heavy atom. The fourth-order valence-electron chi connectivity index (χ4n) is 0.919. The van der Waals surface area contributed by atoms with E-state index in [0.29, 0.717) is 12.5 Å². The van der Waals surface area contributed by atoms with Crippen molar-refractivity contribution in [3.8, 4) is 0 Å². The van der Waals surface area contributed by atoms with E-state index in [4.69, 9.17) is 0 Å². The minimum atomic E-state index is -0.159. The Balaban J connectivity index is 3.55. The largest absolute Gasteiger partial charge is 0.354 e. The first-order valence-electron chi connectivity index (χ1n) is 5.68. The second-order valence-corrected chi connectivity index (χ2v) is 4.51. The SMILES string of the molecule is CC(C)CNC(=O)CNC(=O)CNC(C)C. The molecule has 0 fully saturated rings. The third-order valence-corrected chi connectivity index (χ3v) is 1.82. The molecular weight excluding hydrogens is 206 g/mol. The molecular formula is C11H23N3O2. The Hall–Kier alpha value is -1.10. The summed E-state index contributed by atoms with van der Waals surface area (Å²) in [5.41, 5.74) is 0. The summed E-state index contributed by atoms with van der Waals surface area (Å²) in [7, 11) is 0. The van der Waals surface area contributed by atoms with Crippen molar-refractivity contribution in [2.75, 3.05) is 19.6 Å². The summed E-state index contributed by atoms with van der Waals surface area (Å²) in [6, 6.07) is 0.264. The van der Waals surface area contributed by atoms with Crippen LogP contribution in [0.15, 0.2) is 0 Å². The zero-order chi connectivity index (χ0) is 12.6. The van der Waals surface area contributed by atoms with Gasteiger partial charge >= 0.3 is 0 Å². The molecule has 0 aromatic rings. The molecule has 0 aliphatic heterocycles. The van der Waals surface area contributed by atoms with Gasteiger partial charge in [-0.05, 0) is 5.92 Å². The molecule has 0 saturated heterocycles. The standard InChI is InChI=1S/C11H23N3O2/c1-8(2)5-13-11(16)7-14-10(15)6-12-9(3)4/h8-9,12H,5-7H2,1-4H3,(H,13,16)(H,14,15). The molecule has 3 N–H and O–H groups in total. The lowest BCUT2D eigenvalue weighted by Gasteiger charge is -2.10. The van der Waals surface area contributed by atoms with Crippen molar-refractivity contribution < 1.29 is 9.59 Å². The van der Waals surface area contributed by atoms with Crippen molar-refractivity contribution >= 4 is 11.8 Å². The first kappa shape index (κ1) is 14.9. The maximum absolute atomic E-state index is 11.2. The van der Waals surface area contributed by atoms with E-state index < -0.39 is 0 Å². The number of rotatable bonds is 7. The van der Waals surface area contributed by atoms with Gasteiger partial charge in [0.25, 0.3) is 0 Å². The Morgan fingerprint density at radius 2 is 1.50 bits per heavy atom. The van der Waals surface area contributed by atoms with Gasteiger partial charge in [0.1, 0.15) is 0 Å². The second-order valence-electron chi connectivity index (χ2n) is 4.51. The predicted octanol–water partition coefficient (Wildman–Crippen LogP) is -0.127. The van der Waals surface area contributed by atoms with Crippen LogP contribution in [0.4, 0.5) is 0 Å². The number of hydrogen-bond donors (Lipinski definition) is 3. The molecule has 0 bridgehead atoms. The number of amides is 2.